The highest BCUT2D eigenvalue weighted by atomic mass is 79.9. The fourth-order valence-electron chi connectivity index (χ4n) is 1.55. The van der Waals surface area contributed by atoms with E-state index in [0.717, 1.165) is 10.0 Å². The van der Waals surface area contributed by atoms with E-state index in [0.29, 0.717) is 10.8 Å². The van der Waals surface area contributed by atoms with E-state index in [1.807, 2.05) is 12.1 Å². The van der Waals surface area contributed by atoms with E-state index in [4.69, 9.17) is 16.3 Å². The highest BCUT2D eigenvalue weighted by molar-refractivity contribution is 9.10. The molecule has 0 unspecified atom stereocenters. The van der Waals surface area contributed by atoms with Crippen LogP contribution in [0.15, 0.2) is 22.7 Å². The van der Waals surface area contributed by atoms with Crippen LogP contribution in [0.25, 0.3) is 11.4 Å². The van der Waals surface area contributed by atoms with Gasteiger partial charge in [-0.25, -0.2) is 14.5 Å². The van der Waals surface area contributed by atoms with Crippen LogP contribution in [0.3, 0.4) is 0 Å². The molecule has 0 spiro atoms. The molecule has 1 heterocycles. The molecule has 0 fully saturated rings. The maximum atomic E-state index is 11.6. The minimum absolute atomic E-state index is 0.0402. The van der Waals surface area contributed by atoms with E-state index < -0.39 is 5.97 Å². The van der Waals surface area contributed by atoms with Gasteiger partial charge in [0.2, 0.25) is 0 Å². The van der Waals surface area contributed by atoms with Crippen molar-refractivity contribution in [3.63, 3.8) is 0 Å². The van der Waals surface area contributed by atoms with Crippen molar-refractivity contribution >= 4 is 33.5 Å². The lowest BCUT2D eigenvalue weighted by atomic mass is 10.2. The maximum absolute atomic E-state index is 11.6. The molecule has 1 aromatic carbocycles. The number of ether oxygens (including phenoxy) is 1. The Labute approximate surface area is 123 Å². The SMILES string of the molecule is CCOC(=O)c1nc(-c2ccc(Br)c(Cl)c2)n(C)n1. The van der Waals surface area contributed by atoms with E-state index in [1.165, 1.54) is 4.68 Å². The molecule has 5 nitrogen and oxygen atoms in total. The highest BCUT2D eigenvalue weighted by Gasteiger charge is 2.17. The summed E-state index contributed by atoms with van der Waals surface area (Å²) in [7, 11) is 1.71. The van der Waals surface area contributed by atoms with E-state index in [-0.39, 0.29) is 12.4 Å². The number of hydrogen-bond acceptors (Lipinski definition) is 4. The van der Waals surface area contributed by atoms with E-state index >= 15 is 0 Å². The number of aromatic nitrogens is 3. The lowest BCUT2D eigenvalue weighted by molar-refractivity contribution is 0.0512. The quantitative estimate of drug-likeness (QED) is 0.803. The molecular weight excluding hydrogens is 334 g/mol. The second kappa shape index (κ2) is 5.71. The summed E-state index contributed by atoms with van der Waals surface area (Å²) < 4.78 is 7.18. The predicted octanol–water partition coefficient (Wildman–Crippen LogP) is 3.07. The summed E-state index contributed by atoms with van der Waals surface area (Å²) >= 11 is 9.36. The fraction of sp³-hybridized carbons (Fsp3) is 0.250. The summed E-state index contributed by atoms with van der Waals surface area (Å²) in [4.78, 5) is 15.7. The van der Waals surface area contributed by atoms with Crippen molar-refractivity contribution in [3.05, 3.63) is 33.5 Å². The van der Waals surface area contributed by atoms with Crippen molar-refractivity contribution < 1.29 is 9.53 Å². The van der Waals surface area contributed by atoms with Gasteiger partial charge in [0.25, 0.3) is 5.82 Å². The Kier molecular flexibility index (Phi) is 4.21. The van der Waals surface area contributed by atoms with Gasteiger partial charge in [0, 0.05) is 17.1 Å². The molecule has 0 saturated carbocycles. The Bertz CT molecular complexity index is 627. The summed E-state index contributed by atoms with van der Waals surface area (Å²) in [5.74, 6) is 0.0587. The molecule has 100 valence electrons. The number of rotatable bonds is 3. The van der Waals surface area contributed by atoms with Gasteiger partial charge in [0.05, 0.1) is 11.6 Å². The summed E-state index contributed by atoms with van der Waals surface area (Å²) in [5.41, 5.74) is 0.777. The molecule has 2 rings (SSSR count). The van der Waals surface area contributed by atoms with Crippen LogP contribution >= 0.6 is 27.5 Å². The van der Waals surface area contributed by atoms with Crippen LogP contribution in [0.5, 0.6) is 0 Å². The van der Waals surface area contributed by atoms with Crippen molar-refractivity contribution in [2.45, 2.75) is 6.92 Å². The van der Waals surface area contributed by atoms with Gasteiger partial charge in [-0.05, 0) is 41.1 Å². The molecule has 2 aromatic rings. The smallest absolute Gasteiger partial charge is 0.378 e. The molecule has 0 aliphatic carbocycles. The first-order chi connectivity index (χ1) is 9.02. The van der Waals surface area contributed by atoms with Crippen molar-refractivity contribution in [1.82, 2.24) is 14.8 Å². The number of nitrogens with zero attached hydrogens (tertiary/aromatic N) is 3. The Morgan fingerprint density at radius 1 is 1.53 bits per heavy atom. The van der Waals surface area contributed by atoms with Crippen molar-refractivity contribution in [3.8, 4) is 11.4 Å². The second-order valence-electron chi connectivity index (χ2n) is 3.73. The number of benzene rings is 1. The normalized spacial score (nSPS) is 10.5. The summed E-state index contributed by atoms with van der Waals surface area (Å²) in [6.45, 7) is 2.02. The second-order valence-corrected chi connectivity index (χ2v) is 4.99. The Hall–Kier alpha value is -1.40. The van der Waals surface area contributed by atoms with Gasteiger partial charge >= 0.3 is 5.97 Å². The number of carbonyl (C=O) groups is 1. The molecule has 0 aliphatic heterocycles. The van der Waals surface area contributed by atoms with Gasteiger partial charge in [-0.3, -0.25) is 0 Å². The molecule has 0 amide bonds. The van der Waals surface area contributed by atoms with Crippen LogP contribution in [-0.2, 0) is 11.8 Å². The molecule has 1 aromatic heterocycles. The number of esters is 1. The minimum Gasteiger partial charge on any atom is -0.460 e. The monoisotopic (exact) mass is 343 g/mol. The third-order valence-corrected chi connectivity index (χ3v) is 3.63. The van der Waals surface area contributed by atoms with Crippen molar-refractivity contribution in [1.29, 1.82) is 0 Å². The maximum Gasteiger partial charge on any atom is 0.378 e. The van der Waals surface area contributed by atoms with Crippen molar-refractivity contribution in [2.75, 3.05) is 6.61 Å². The topological polar surface area (TPSA) is 57.0 Å². The molecule has 7 heteroatoms. The number of hydrogen-bond donors (Lipinski definition) is 0. The summed E-state index contributed by atoms with van der Waals surface area (Å²) in [6, 6.07) is 5.41. The Morgan fingerprint density at radius 3 is 2.89 bits per heavy atom. The van der Waals surface area contributed by atoms with Crippen molar-refractivity contribution in [2.24, 2.45) is 7.05 Å². The van der Waals surface area contributed by atoms with Gasteiger partial charge in [-0.1, -0.05) is 11.6 Å². The lowest BCUT2D eigenvalue weighted by Gasteiger charge is -2.01. The number of carbonyl (C=O) groups excluding carboxylic acids is 1. The van der Waals surface area contributed by atoms with Gasteiger partial charge in [-0.2, -0.15) is 0 Å². The van der Waals surface area contributed by atoms with Gasteiger partial charge < -0.3 is 4.74 Å². The van der Waals surface area contributed by atoms with Gasteiger partial charge in [0.1, 0.15) is 0 Å². The zero-order valence-corrected chi connectivity index (χ0v) is 12.7. The van der Waals surface area contributed by atoms with Crippen LogP contribution in [0.4, 0.5) is 0 Å². The van der Waals surface area contributed by atoms with Crippen LogP contribution in [0.1, 0.15) is 17.5 Å². The lowest BCUT2D eigenvalue weighted by Crippen LogP contribution is -2.07. The molecule has 0 bridgehead atoms. The number of aryl methyl sites for hydroxylation is 1. The zero-order valence-electron chi connectivity index (χ0n) is 10.4. The third kappa shape index (κ3) is 2.96. The first kappa shape index (κ1) is 14.0. The molecule has 0 radical (unpaired) electrons. The minimum atomic E-state index is -0.535. The summed E-state index contributed by atoms with van der Waals surface area (Å²) in [6.07, 6.45) is 0. The van der Waals surface area contributed by atoms with Crippen LogP contribution < -0.4 is 0 Å². The predicted molar refractivity (Wildman–Crippen MR) is 75.1 cm³/mol. The standard InChI is InChI=1S/C12H11BrClN3O2/c1-3-19-12(18)10-15-11(17(2)16-10)7-4-5-8(13)9(14)6-7/h4-6H,3H2,1-2H3. The summed E-state index contributed by atoms with van der Waals surface area (Å²) in [5, 5.41) is 4.60. The fourth-order valence-corrected chi connectivity index (χ4v) is 1.98. The number of halogens is 2. The average molecular weight is 345 g/mol. The Balaban J connectivity index is 2.40. The molecule has 0 aliphatic rings. The van der Waals surface area contributed by atoms with Crippen LogP contribution in [0.2, 0.25) is 5.02 Å². The molecular formula is C12H11BrClN3O2. The average Bonchev–Trinajstić information content (AvgIpc) is 2.75. The van der Waals surface area contributed by atoms with Gasteiger partial charge in [-0.15, -0.1) is 5.10 Å². The van der Waals surface area contributed by atoms with E-state index in [1.54, 1.807) is 20.0 Å². The highest BCUT2D eigenvalue weighted by Crippen LogP contribution is 2.27. The molecule has 0 atom stereocenters. The third-order valence-electron chi connectivity index (χ3n) is 2.40. The molecule has 19 heavy (non-hydrogen) atoms. The van der Waals surface area contributed by atoms with Gasteiger partial charge in [0.15, 0.2) is 5.82 Å². The Morgan fingerprint density at radius 2 is 2.26 bits per heavy atom. The van der Waals surface area contributed by atoms with E-state index in [9.17, 15) is 4.79 Å². The largest absolute Gasteiger partial charge is 0.460 e. The van der Waals surface area contributed by atoms with E-state index in [2.05, 4.69) is 26.0 Å². The molecule has 0 saturated heterocycles. The molecule has 0 N–H and O–H groups in total. The first-order valence-corrected chi connectivity index (χ1v) is 6.73. The first-order valence-electron chi connectivity index (χ1n) is 5.56. The van der Waals surface area contributed by atoms with Crippen LogP contribution in [0, 0.1) is 0 Å². The zero-order chi connectivity index (χ0) is 14.0. The van der Waals surface area contributed by atoms with Crippen LogP contribution in [-0.4, -0.2) is 27.3 Å².